The average Bonchev–Trinajstić information content (AvgIpc) is 2.33. The third-order valence-corrected chi connectivity index (χ3v) is 3.13. The Labute approximate surface area is 115 Å². The molecule has 0 saturated heterocycles. The molecule has 0 amide bonds. The smallest absolute Gasteiger partial charge is 0.307 e. The van der Waals surface area contributed by atoms with Crippen LogP contribution in [0.15, 0.2) is 42.5 Å². The molecule has 0 heterocycles. The minimum atomic E-state index is -0.920. The van der Waals surface area contributed by atoms with Gasteiger partial charge in [-0.05, 0) is 28.8 Å². The second kappa shape index (κ2) is 5.42. The number of halogens is 2. The molecule has 92 valence electrons. The van der Waals surface area contributed by atoms with Crippen LogP contribution in [0.5, 0.6) is 0 Å². The van der Waals surface area contributed by atoms with Crippen molar-refractivity contribution in [2.24, 2.45) is 0 Å². The van der Waals surface area contributed by atoms with Gasteiger partial charge >= 0.3 is 5.97 Å². The van der Waals surface area contributed by atoms with Gasteiger partial charge in [-0.15, -0.1) is 0 Å². The number of carbonyl (C=O) groups is 1. The standard InChI is InChI=1S/C14H10Cl2O2/c15-10-6-11(9-4-2-1-3-5-9)12(8-14(17)18)13(16)7-10/h1-7H,8H2,(H,17,18). The summed E-state index contributed by atoms with van der Waals surface area (Å²) >= 11 is 12.1. The number of hydrogen-bond donors (Lipinski definition) is 1. The second-order valence-electron chi connectivity index (χ2n) is 3.85. The van der Waals surface area contributed by atoms with E-state index in [9.17, 15) is 4.79 Å². The van der Waals surface area contributed by atoms with Crippen molar-refractivity contribution in [1.82, 2.24) is 0 Å². The lowest BCUT2D eigenvalue weighted by Crippen LogP contribution is -2.03. The molecule has 2 nitrogen and oxygen atoms in total. The zero-order chi connectivity index (χ0) is 13.1. The van der Waals surface area contributed by atoms with Crippen molar-refractivity contribution in [3.05, 3.63) is 58.1 Å². The van der Waals surface area contributed by atoms with Crippen LogP contribution in [0.25, 0.3) is 11.1 Å². The predicted octanol–water partition coefficient (Wildman–Crippen LogP) is 4.29. The van der Waals surface area contributed by atoms with Crippen molar-refractivity contribution in [2.75, 3.05) is 0 Å². The molecule has 2 rings (SSSR count). The third-order valence-electron chi connectivity index (χ3n) is 2.57. The van der Waals surface area contributed by atoms with Gasteiger partial charge in [0.2, 0.25) is 0 Å². The van der Waals surface area contributed by atoms with Crippen molar-refractivity contribution in [3.63, 3.8) is 0 Å². The van der Waals surface area contributed by atoms with E-state index >= 15 is 0 Å². The Kier molecular flexibility index (Phi) is 3.90. The van der Waals surface area contributed by atoms with Crippen LogP contribution in [0.3, 0.4) is 0 Å². The first-order chi connectivity index (χ1) is 8.58. The Morgan fingerprint density at radius 1 is 1.11 bits per heavy atom. The zero-order valence-corrected chi connectivity index (χ0v) is 10.9. The fraction of sp³-hybridized carbons (Fsp3) is 0.0714. The van der Waals surface area contributed by atoms with Gasteiger partial charge in [-0.2, -0.15) is 0 Å². The van der Waals surface area contributed by atoms with Crippen molar-refractivity contribution in [2.45, 2.75) is 6.42 Å². The lowest BCUT2D eigenvalue weighted by Gasteiger charge is -2.11. The first kappa shape index (κ1) is 12.9. The topological polar surface area (TPSA) is 37.3 Å². The summed E-state index contributed by atoms with van der Waals surface area (Å²) < 4.78 is 0. The van der Waals surface area contributed by atoms with E-state index in [0.29, 0.717) is 15.6 Å². The average molecular weight is 281 g/mol. The molecule has 0 saturated carbocycles. The Hall–Kier alpha value is -1.51. The SMILES string of the molecule is O=C(O)Cc1c(Cl)cc(Cl)cc1-c1ccccc1. The van der Waals surface area contributed by atoms with Crippen LogP contribution in [0.1, 0.15) is 5.56 Å². The molecule has 1 N–H and O–H groups in total. The number of carboxylic acids is 1. The quantitative estimate of drug-likeness (QED) is 0.911. The lowest BCUT2D eigenvalue weighted by molar-refractivity contribution is -0.136. The zero-order valence-electron chi connectivity index (χ0n) is 9.36. The van der Waals surface area contributed by atoms with Gasteiger partial charge < -0.3 is 5.11 Å². The van der Waals surface area contributed by atoms with Gasteiger partial charge in [0.1, 0.15) is 0 Å². The van der Waals surface area contributed by atoms with E-state index in [1.807, 2.05) is 30.3 Å². The summed E-state index contributed by atoms with van der Waals surface area (Å²) in [6.45, 7) is 0. The van der Waals surface area contributed by atoms with Crippen molar-refractivity contribution < 1.29 is 9.90 Å². The van der Waals surface area contributed by atoms with Crippen LogP contribution in [-0.4, -0.2) is 11.1 Å². The summed E-state index contributed by atoms with van der Waals surface area (Å²) in [6.07, 6.45) is -0.125. The summed E-state index contributed by atoms with van der Waals surface area (Å²) in [7, 11) is 0. The second-order valence-corrected chi connectivity index (χ2v) is 4.69. The Morgan fingerprint density at radius 2 is 1.78 bits per heavy atom. The van der Waals surface area contributed by atoms with E-state index < -0.39 is 5.97 Å². The Morgan fingerprint density at radius 3 is 2.39 bits per heavy atom. The van der Waals surface area contributed by atoms with Crippen LogP contribution >= 0.6 is 23.2 Å². The van der Waals surface area contributed by atoms with Crippen LogP contribution in [-0.2, 0) is 11.2 Å². The molecule has 2 aromatic carbocycles. The van der Waals surface area contributed by atoms with Gasteiger partial charge in [-0.25, -0.2) is 0 Å². The first-order valence-electron chi connectivity index (χ1n) is 5.33. The lowest BCUT2D eigenvalue weighted by atomic mass is 9.97. The van der Waals surface area contributed by atoms with E-state index in [1.165, 1.54) is 0 Å². The number of hydrogen-bond acceptors (Lipinski definition) is 1. The van der Waals surface area contributed by atoms with Gasteiger partial charge in [0, 0.05) is 10.0 Å². The number of rotatable bonds is 3. The first-order valence-corrected chi connectivity index (χ1v) is 6.08. The van der Waals surface area contributed by atoms with Crippen molar-refractivity contribution in [3.8, 4) is 11.1 Å². The molecular formula is C14H10Cl2O2. The maximum absolute atomic E-state index is 10.9. The Balaban J connectivity index is 2.61. The highest BCUT2D eigenvalue weighted by molar-refractivity contribution is 6.35. The monoisotopic (exact) mass is 280 g/mol. The fourth-order valence-electron chi connectivity index (χ4n) is 1.81. The molecule has 0 radical (unpaired) electrons. The van der Waals surface area contributed by atoms with E-state index in [4.69, 9.17) is 28.3 Å². The van der Waals surface area contributed by atoms with Crippen molar-refractivity contribution in [1.29, 1.82) is 0 Å². The van der Waals surface area contributed by atoms with Crippen LogP contribution in [0, 0.1) is 0 Å². The van der Waals surface area contributed by atoms with Gasteiger partial charge in [-0.3, -0.25) is 4.79 Å². The van der Waals surface area contributed by atoms with Gasteiger partial charge in [0.05, 0.1) is 6.42 Å². The highest BCUT2D eigenvalue weighted by Crippen LogP contribution is 2.33. The number of benzene rings is 2. The number of carboxylic acid groups (broad SMARTS) is 1. The van der Waals surface area contributed by atoms with Crippen LogP contribution < -0.4 is 0 Å². The summed E-state index contributed by atoms with van der Waals surface area (Å²) in [6, 6.07) is 12.8. The van der Waals surface area contributed by atoms with Gasteiger partial charge in [0.15, 0.2) is 0 Å². The van der Waals surface area contributed by atoms with Crippen molar-refractivity contribution >= 4 is 29.2 Å². The predicted molar refractivity (Wildman–Crippen MR) is 73.2 cm³/mol. The van der Waals surface area contributed by atoms with Crippen LogP contribution in [0.2, 0.25) is 10.0 Å². The Bertz CT molecular complexity index is 580. The molecule has 0 aliphatic heterocycles. The molecule has 0 aliphatic rings. The third kappa shape index (κ3) is 2.84. The summed E-state index contributed by atoms with van der Waals surface area (Å²) in [5, 5.41) is 9.81. The molecule has 4 heteroatoms. The molecule has 18 heavy (non-hydrogen) atoms. The molecule has 0 atom stereocenters. The molecule has 0 fully saturated rings. The van der Waals surface area contributed by atoms with E-state index in [-0.39, 0.29) is 6.42 Å². The van der Waals surface area contributed by atoms with E-state index in [0.717, 1.165) is 11.1 Å². The molecule has 0 aliphatic carbocycles. The normalized spacial score (nSPS) is 10.3. The minimum Gasteiger partial charge on any atom is -0.481 e. The fourth-order valence-corrected chi connectivity index (χ4v) is 2.37. The maximum Gasteiger partial charge on any atom is 0.307 e. The van der Waals surface area contributed by atoms with Gasteiger partial charge in [0.25, 0.3) is 0 Å². The molecular weight excluding hydrogens is 271 g/mol. The minimum absolute atomic E-state index is 0.125. The summed E-state index contributed by atoms with van der Waals surface area (Å²) in [4.78, 5) is 10.9. The molecule has 0 bridgehead atoms. The van der Waals surface area contributed by atoms with E-state index in [1.54, 1.807) is 12.1 Å². The van der Waals surface area contributed by atoms with Gasteiger partial charge in [-0.1, -0.05) is 53.5 Å². The number of aliphatic carboxylic acids is 1. The largest absolute Gasteiger partial charge is 0.481 e. The molecule has 2 aromatic rings. The maximum atomic E-state index is 10.9. The summed E-state index contributed by atoms with van der Waals surface area (Å²) in [5.41, 5.74) is 2.24. The van der Waals surface area contributed by atoms with Crippen LogP contribution in [0.4, 0.5) is 0 Å². The highest BCUT2D eigenvalue weighted by atomic mass is 35.5. The molecule has 0 aromatic heterocycles. The molecule has 0 spiro atoms. The summed E-state index contributed by atoms with van der Waals surface area (Å²) in [5.74, 6) is -0.920. The van der Waals surface area contributed by atoms with E-state index in [2.05, 4.69) is 0 Å². The molecule has 0 unspecified atom stereocenters. The highest BCUT2D eigenvalue weighted by Gasteiger charge is 2.13.